The number of likely N-dealkylation sites (tertiary alicyclic amines) is 1. The Balaban J connectivity index is 2.02. The van der Waals surface area contributed by atoms with E-state index in [0.29, 0.717) is 6.54 Å². The van der Waals surface area contributed by atoms with Crippen LogP contribution < -0.4 is 4.74 Å². The molecule has 1 aromatic carbocycles. The van der Waals surface area contributed by atoms with Gasteiger partial charge in [-0.25, -0.2) is 13.2 Å². The first-order valence-electron chi connectivity index (χ1n) is 6.39. The molecule has 0 N–H and O–H groups in total. The molecule has 1 aliphatic heterocycles. The third-order valence-electron chi connectivity index (χ3n) is 3.27. The van der Waals surface area contributed by atoms with Crippen molar-refractivity contribution in [2.75, 3.05) is 26.2 Å². The second kappa shape index (κ2) is 6.39. The minimum atomic E-state index is -2.18. The van der Waals surface area contributed by atoms with Crippen molar-refractivity contribution in [3.05, 3.63) is 29.1 Å². The van der Waals surface area contributed by atoms with Crippen LogP contribution in [-0.4, -0.2) is 31.1 Å². The molecule has 0 unspecified atom stereocenters. The van der Waals surface area contributed by atoms with Gasteiger partial charge in [0.05, 0.1) is 0 Å². The van der Waals surface area contributed by atoms with E-state index < -0.39 is 34.8 Å². The van der Waals surface area contributed by atoms with E-state index in [9.17, 15) is 22.0 Å². The number of benzene rings is 1. The number of piperidine rings is 1. The third kappa shape index (κ3) is 3.03. The van der Waals surface area contributed by atoms with Crippen molar-refractivity contribution in [3.8, 4) is 5.75 Å². The Morgan fingerprint density at radius 1 is 0.750 bits per heavy atom. The largest absolute Gasteiger partial charge is 0.486 e. The van der Waals surface area contributed by atoms with E-state index in [4.69, 9.17) is 4.74 Å². The van der Waals surface area contributed by atoms with Crippen LogP contribution in [0.15, 0.2) is 0 Å². The first-order valence-corrected chi connectivity index (χ1v) is 6.39. The maximum Gasteiger partial charge on any atom is 0.206 e. The van der Waals surface area contributed by atoms with Crippen LogP contribution in [0.2, 0.25) is 0 Å². The van der Waals surface area contributed by atoms with Crippen molar-refractivity contribution in [1.82, 2.24) is 4.90 Å². The molecular formula is C13H14F5NO. The Kier molecular flexibility index (Phi) is 4.80. The van der Waals surface area contributed by atoms with E-state index in [0.717, 1.165) is 32.4 Å². The summed E-state index contributed by atoms with van der Waals surface area (Å²) < 4.78 is 70.1. The maximum absolute atomic E-state index is 13.3. The third-order valence-corrected chi connectivity index (χ3v) is 3.27. The average molecular weight is 295 g/mol. The van der Waals surface area contributed by atoms with Gasteiger partial charge in [-0.1, -0.05) is 6.42 Å². The second-order valence-corrected chi connectivity index (χ2v) is 4.65. The average Bonchev–Trinajstić information content (AvgIpc) is 2.48. The molecule has 20 heavy (non-hydrogen) atoms. The summed E-state index contributed by atoms with van der Waals surface area (Å²) in [7, 11) is 0. The number of rotatable bonds is 4. The molecule has 1 fully saturated rings. The standard InChI is InChI=1S/C13H14F5NO/c14-8-9(15)11(17)13(12(18)10(8)16)20-7-6-19-4-2-1-3-5-19/h1-7H2. The molecule has 7 heteroatoms. The normalized spacial score (nSPS) is 16.4. The quantitative estimate of drug-likeness (QED) is 0.480. The molecule has 1 aromatic rings. The summed E-state index contributed by atoms with van der Waals surface area (Å²) in [5.41, 5.74) is 0. The number of hydrogen-bond donors (Lipinski definition) is 0. The Bertz CT molecular complexity index is 459. The van der Waals surface area contributed by atoms with Gasteiger partial charge in [0.25, 0.3) is 0 Å². The highest BCUT2D eigenvalue weighted by atomic mass is 19.2. The minimum Gasteiger partial charge on any atom is -0.486 e. The molecule has 0 amide bonds. The molecule has 0 aromatic heterocycles. The van der Waals surface area contributed by atoms with Gasteiger partial charge in [0, 0.05) is 6.54 Å². The fourth-order valence-electron chi connectivity index (χ4n) is 2.17. The highest BCUT2D eigenvalue weighted by Crippen LogP contribution is 2.29. The van der Waals surface area contributed by atoms with E-state index in [1.807, 2.05) is 4.90 Å². The van der Waals surface area contributed by atoms with Crippen molar-refractivity contribution >= 4 is 0 Å². The van der Waals surface area contributed by atoms with Crippen molar-refractivity contribution in [1.29, 1.82) is 0 Å². The topological polar surface area (TPSA) is 12.5 Å². The van der Waals surface area contributed by atoms with E-state index in [1.54, 1.807) is 0 Å². The summed E-state index contributed by atoms with van der Waals surface area (Å²) in [4.78, 5) is 2.02. The summed E-state index contributed by atoms with van der Waals surface area (Å²) in [5.74, 6) is -11.2. The molecule has 0 aliphatic carbocycles. The lowest BCUT2D eigenvalue weighted by Crippen LogP contribution is -2.33. The molecule has 1 heterocycles. The maximum atomic E-state index is 13.3. The molecule has 1 aliphatic rings. The molecular weight excluding hydrogens is 281 g/mol. The zero-order valence-corrected chi connectivity index (χ0v) is 10.7. The lowest BCUT2D eigenvalue weighted by molar-refractivity contribution is 0.174. The second-order valence-electron chi connectivity index (χ2n) is 4.65. The predicted octanol–water partition coefficient (Wildman–Crippen LogP) is 3.25. The van der Waals surface area contributed by atoms with Crippen LogP contribution in [0.25, 0.3) is 0 Å². The van der Waals surface area contributed by atoms with Crippen molar-refractivity contribution in [3.63, 3.8) is 0 Å². The van der Waals surface area contributed by atoms with Crippen LogP contribution in [-0.2, 0) is 0 Å². The van der Waals surface area contributed by atoms with Crippen molar-refractivity contribution in [2.45, 2.75) is 19.3 Å². The Morgan fingerprint density at radius 2 is 1.25 bits per heavy atom. The van der Waals surface area contributed by atoms with Crippen molar-refractivity contribution in [2.24, 2.45) is 0 Å². The Labute approximate surface area is 113 Å². The number of nitrogens with zero attached hydrogens (tertiary/aromatic N) is 1. The van der Waals surface area contributed by atoms with Gasteiger partial charge in [0.1, 0.15) is 6.61 Å². The van der Waals surface area contributed by atoms with Crippen LogP contribution in [0, 0.1) is 29.1 Å². The van der Waals surface area contributed by atoms with Gasteiger partial charge in [-0.15, -0.1) is 0 Å². The van der Waals surface area contributed by atoms with Crippen LogP contribution >= 0.6 is 0 Å². The zero-order chi connectivity index (χ0) is 14.7. The molecule has 2 rings (SSSR count). The van der Waals surface area contributed by atoms with E-state index in [2.05, 4.69) is 0 Å². The van der Waals surface area contributed by atoms with Crippen LogP contribution in [0.1, 0.15) is 19.3 Å². The summed E-state index contributed by atoms with van der Waals surface area (Å²) in [6.07, 6.45) is 3.19. The highest BCUT2D eigenvalue weighted by Gasteiger charge is 2.27. The summed E-state index contributed by atoms with van der Waals surface area (Å²) in [5, 5.41) is 0. The first kappa shape index (κ1) is 15.0. The summed E-state index contributed by atoms with van der Waals surface area (Å²) in [6, 6.07) is 0. The van der Waals surface area contributed by atoms with Gasteiger partial charge in [-0.05, 0) is 25.9 Å². The fraction of sp³-hybridized carbons (Fsp3) is 0.538. The van der Waals surface area contributed by atoms with Crippen molar-refractivity contribution < 1.29 is 26.7 Å². The SMILES string of the molecule is Fc1c(F)c(F)c(OCCN2CCCCC2)c(F)c1F. The highest BCUT2D eigenvalue weighted by molar-refractivity contribution is 5.29. The van der Waals surface area contributed by atoms with E-state index in [1.165, 1.54) is 0 Å². The zero-order valence-electron chi connectivity index (χ0n) is 10.7. The van der Waals surface area contributed by atoms with Gasteiger partial charge in [-0.2, -0.15) is 8.78 Å². The minimum absolute atomic E-state index is 0.127. The first-order chi connectivity index (χ1) is 9.52. The number of hydrogen-bond acceptors (Lipinski definition) is 2. The smallest absolute Gasteiger partial charge is 0.206 e. The van der Waals surface area contributed by atoms with Gasteiger partial charge < -0.3 is 4.74 Å². The Morgan fingerprint density at radius 3 is 1.80 bits per heavy atom. The summed E-state index contributed by atoms with van der Waals surface area (Å²) in [6.45, 7) is 1.96. The Hall–Kier alpha value is -1.37. The molecule has 0 spiro atoms. The molecule has 0 bridgehead atoms. The predicted molar refractivity (Wildman–Crippen MR) is 62.0 cm³/mol. The number of halogens is 5. The number of ether oxygens (including phenoxy) is 1. The molecule has 112 valence electrons. The van der Waals surface area contributed by atoms with Gasteiger partial charge in [-0.3, -0.25) is 4.90 Å². The molecule has 2 nitrogen and oxygen atoms in total. The van der Waals surface area contributed by atoms with Crippen LogP contribution in [0.5, 0.6) is 5.75 Å². The lowest BCUT2D eigenvalue weighted by atomic mass is 10.1. The van der Waals surface area contributed by atoms with Gasteiger partial charge >= 0.3 is 0 Å². The summed E-state index contributed by atoms with van der Waals surface area (Å²) >= 11 is 0. The fourth-order valence-corrected chi connectivity index (χ4v) is 2.17. The monoisotopic (exact) mass is 295 g/mol. The molecule has 0 saturated carbocycles. The van der Waals surface area contributed by atoms with E-state index >= 15 is 0 Å². The lowest BCUT2D eigenvalue weighted by Gasteiger charge is -2.26. The van der Waals surface area contributed by atoms with Gasteiger partial charge in [0.2, 0.25) is 29.1 Å². The van der Waals surface area contributed by atoms with E-state index in [-0.39, 0.29) is 6.61 Å². The molecule has 0 radical (unpaired) electrons. The molecule has 1 saturated heterocycles. The van der Waals surface area contributed by atoms with Gasteiger partial charge in [0.15, 0.2) is 5.75 Å². The molecule has 0 atom stereocenters. The van der Waals surface area contributed by atoms with Crippen LogP contribution in [0.3, 0.4) is 0 Å². The van der Waals surface area contributed by atoms with Crippen LogP contribution in [0.4, 0.5) is 22.0 Å².